The number of benzene rings is 3. The number of hydrogen-bond donors (Lipinski definition) is 3. The largest absolute Gasteiger partial charge is 0.480 e. The third-order valence-corrected chi connectivity index (χ3v) is 8.60. The van der Waals surface area contributed by atoms with E-state index in [1.54, 1.807) is 53.4 Å². The molecule has 0 radical (unpaired) electrons. The summed E-state index contributed by atoms with van der Waals surface area (Å²) >= 11 is 12.2. The van der Waals surface area contributed by atoms with Crippen LogP contribution in [0, 0.1) is 11.6 Å². The SMILES string of the molecule is CC(O)C(NC(=O)C1C(N(c2cc(F)cc(F)c2)S(C)(=O)=O)CN1C(c1ccc(Cl)cc1)c1ccc(Cl)cc1)C(=O)O. The fourth-order valence-corrected chi connectivity index (χ4v) is 6.51. The Bertz CT molecular complexity index is 1510. The summed E-state index contributed by atoms with van der Waals surface area (Å²) in [5.41, 5.74) is 0.967. The maximum absolute atomic E-state index is 14.2. The Hall–Kier alpha value is -3.29. The number of carbonyl (C=O) groups is 2. The van der Waals surface area contributed by atoms with Crippen molar-refractivity contribution in [1.82, 2.24) is 10.2 Å². The van der Waals surface area contributed by atoms with Crippen LogP contribution in [0.25, 0.3) is 0 Å². The molecule has 1 aliphatic rings. The summed E-state index contributed by atoms with van der Waals surface area (Å²) in [7, 11) is -4.24. The molecule has 0 aliphatic carbocycles. The average molecular weight is 643 g/mol. The lowest BCUT2D eigenvalue weighted by Crippen LogP contribution is -2.73. The molecular weight excluding hydrogens is 615 g/mol. The molecule has 224 valence electrons. The number of aliphatic carboxylic acids is 1. The summed E-state index contributed by atoms with van der Waals surface area (Å²) in [4.78, 5) is 27.2. The number of carboxylic acids is 1. The third kappa shape index (κ3) is 6.84. The van der Waals surface area contributed by atoms with Gasteiger partial charge in [0.2, 0.25) is 15.9 Å². The smallest absolute Gasteiger partial charge is 0.328 e. The van der Waals surface area contributed by atoms with Crippen LogP contribution < -0.4 is 9.62 Å². The zero-order chi connectivity index (χ0) is 30.9. The van der Waals surface area contributed by atoms with Gasteiger partial charge >= 0.3 is 5.97 Å². The van der Waals surface area contributed by atoms with Gasteiger partial charge in [-0.05, 0) is 54.4 Å². The number of hydrogen-bond acceptors (Lipinski definition) is 6. The summed E-state index contributed by atoms with van der Waals surface area (Å²) < 4.78 is 55.3. The predicted molar refractivity (Wildman–Crippen MR) is 154 cm³/mol. The standard InChI is InChI=1S/C28H27Cl2F2N3O6S/c1-15(36)24(28(38)39)33-27(37)26-23(35(42(2,40)41)22-12-20(31)11-21(32)13-22)14-34(26)25(16-3-7-18(29)8-4-16)17-5-9-19(30)10-6-17/h3-13,15,23-26,36H,14H2,1-2H3,(H,33,37)(H,38,39). The number of aliphatic hydroxyl groups is 1. The first-order valence-corrected chi connectivity index (χ1v) is 15.2. The van der Waals surface area contributed by atoms with Gasteiger partial charge in [-0.15, -0.1) is 0 Å². The molecule has 4 unspecified atom stereocenters. The number of rotatable bonds is 10. The van der Waals surface area contributed by atoms with E-state index >= 15 is 0 Å². The van der Waals surface area contributed by atoms with Crippen molar-refractivity contribution in [3.63, 3.8) is 0 Å². The van der Waals surface area contributed by atoms with Crippen LogP contribution in [0.2, 0.25) is 10.0 Å². The molecule has 3 aromatic rings. The lowest BCUT2D eigenvalue weighted by Gasteiger charge is -2.54. The van der Waals surface area contributed by atoms with Crippen molar-refractivity contribution in [3.8, 4) is 0 Å². The van der Waals surface area contributed by atoms with Crippen molar-refractivity contribution in [3.05, 3.63) is 99.5 Å². The van der Waals surface area contributed by atoms with Gasteiger partial charge in [-0.25, -0.2) is 22.0 Å². The number of carboxylic acid groups (broad SMARTS) is 1. The summed E-state index contributed by atoms with van der Waals surface area (Å²) in [5, 5.41) is 22.8. The molecule has 0 aromatic heterocycles. The first-order valence-electron chi connectivity index (χ1n) is 12.6. The van der Waals surface area contributed by atoms with Gasteiger partial charge in [0, 0.05) is 22.7 Å². The number of aliphatic hydroxyl groups excluding tert-OH is 1. The number of sulfonamides is 1. The fourth-order valence-electron chi connectivity index (χ4n) is 5.09. The van der Waals surface area contributed by atoms with E-state index in [1.807, 2.05) is 0 Å². The van der Waals surface area contributed by atoms with Gasteiger partial charge in [0.15, 0.2) is 6.04 Å². The van der Waals surface area contributed by atoms with E-state index < -0.39 is 63.8 Å². The minimum atomic E-state index is -4.24. The van der Waals surface area contributed by atoms with Crippen molar-refractivity contribution in [1.29, 1.82) is 0 Å². The van der Waals surface area contributed by atoms with Crippen molar-refractivity contribution in [2.75, 3.05) is 17.1 Å². The highest BCUT2D eigenvalue weighted by Crippen LogP contribution is 2.41. The monoisotopic (exact) mass is 641 g/mol. The second kappa shape index (κ2) is 12.5. The molecule has 4 rings (SSSR count). The highest BCUT2D eigenvalue weighted by Gasteiger charge is 2.53. The molecular formula is C28H27Cl2F2N3O6S. The van der Waals surface area contributed by atoms with Crippen molar-refractivity contribution in [2.24, 2.45) is 0 Å². The second-order valence-corrected chi connectivity index (χ2v) is 12.7. The molecule has 9 nitrogen and oxygen atoms in total. The number of likely N-dealkylation sites (tertiary alicyclic amines) is 1. The maximum atomic E-state index is 14.2. The van der Waals surface area contributed by atoms with E-state index in [4.69, 9.17) is 23.2 Å². The summed E-state index contributed by atoms with van der Waals surface area (Å²) in [6.45, 7) is 1.07. The molecule has 3 aromatic carbocycles. The molecule has 4 atom stereocenters. The van der Waals surface area contributed by atoms with Crippen LogP contribution in [-0.4, -0.2) is 72.4 Å². The van der Waals surface area contributed by atoms with Gasteiger partial charge in [-0.2, -0.15) is 0 Å². The lowest BCUT2D eigenvalue weighted by atomic mass is 9.86. The molecule has 3 N–H and O–H groups in total. The van der Waals surface area contributed by atoms with Crippen LogP contribution >= 0.6 is 23.2 Å². The summed E-state index contributed by atoms with van der Waals surface area (Å²) in [6, 6.07) is 10.7. The van der Waals surface area contributed by atoms with Gasteiger partial charge in [0.1, 0.15) is 17.7 Å². The zero-order valence-electron chi connectivity index (χ0n) is 22.3. The van der Waals surface area contributed by atoms with Gasteiger partial charge in [-0.3, -0.25) is 14.0 Å². The number of halogens is 4. The molecule has 0 saturated carbocycles. The van der Waals surface area contributed by atoms with E-state index in [2.05, 4.69) is 5.32 Å². The van der Waals surface area contributed by atoms with Gasteiger partial charge in [0.25, 0.3) is 0 Å². The Morgan fingerprint density at radius 2 is 1.45 bits per heavy atom. The van der Waals surface area contributed by atoms with E-state index in [9.17, 15) is 37.0 Å². The molecule has 14 heteroatoms. The molecule has 1 amide bonds. The normalized spacial score (nSPS) is 18.7. The zero-order valence-corrected chi connectivity index (χ0v) is 24.6. The van der Waals surface area contributed by atoms with Crippen LogP contribution in [0.1, 0.15) is 24.1 Å². The molecule has 1 fully saturated rings. The lowest BCUT2D eigenvalue weighted by molar-refractivity contribution is -0.147. The Balaban J connectivity index is 1.86. The minimum absolute atomic E-state index is 0.106. The number of anilines is 1. The topological polar surface area (TPSA) is 127 Å². The maximum Gasteiger partial charge on any atom is 0.328 e. The number of nitrogens with zero attached hydrogens (tertiary/aromatic N) is 2. The Kier molecular flexibility index (Phi) is 9.43. The highest BCUT2D eigenvalue weighted by atomic mass is 35.5. The Morgan fingerprint density at radius 1 is 0.976 bits per heavy atom. The van der Waals surface area contributed by atoms with Crippen molar-refractivity contribution >= 4 is 50.8 Å². The van der Waals surface area contributed by atoms with Crippen molar-refractivity contribution in [2.45, 2.75) is 37.2 Å². The Labute approximate surface area is 251 Å². The van der Waals surface area contributed by atoms with Crippen molar-refractivity contribution < 1.29 is 37.0 Å². The van der Waals surface area contributed by atoms with Gasteiger partial charge in [0.05, 0.1) is 30.1 Å². The average Bonchev–Trinajstić information content (AvgIpc) is 2.86. The van der Waals surface area contributed by atoms with Gasteiger partial charge in [-0.1, -0.05) is 47.5 Å². The number of amides is 1. The number of nitrogens with one attached hydrogen (secondary N) is 1. The summed E-state index contributed by atoms with van der Waals surface area (Å²) in [6.07, 6.45) is -0.663. The fraction of sp³-hybridized carbons (Fsp3) is 0.286. The van der Waals surface area contributed by atoms with Crippen LogP contribution in [0.15, 0.2) is 66.7 Å². The molecule has 1 heterocycles. The molecule has 0 bridgehead atoms. The van der Waals surface area contributed by atoms with Gasteiger partial charge < -0.3 is 15.5 Å². The summed E-state index contributed by atoms with van der Waals surface area (Å²) in [5.74, 6) is -4.50. The molecule has 1 aliphatic heterocycles. The van der Waals surface area contributed by atoms with Crippen LogP contribution in [0.4, 0.5) is 14.5 Å². The van der Waals surface area contributed by atoms with E-state index in [0.29, 0.717) is 27.2 Å². The minimum Gasteiger partial charge on any atom is -0.480 e. The molecule has 0 spiro atoms. The predicted octanol–water partition coefficient (Wildman–Crippen LogP) is 3.83. The number of carbonyl (C=O) groups excluding carboxylic acids is 1. The molecule has 42 heavy (non-hydrogen) atoms. The van der Waals surface area contributed by atoms with E-state index in [0.717, 1.165) is 22.7 Å². The third-order valence-electron chi connectivity index (χ3n) is 6.90. The van der Waals surface area contributed by atoms with E-state index in [1.165, 1.54) is 6.92 Å². The van der Waals surface area contributed by atoms with Crippen LogP contribution in [0.3, 0.4) is 0 Å². The Morgan fingerprint density at radius 3 is 1.86 bits per heavy atom. The van der Waals surface area contributed by atoms with Crippen LogP contribution in [0.5, 0.6) is 0 Å². The molecule has 1 saturated heterocycles. The quantitative estimate of drug-likeness (QED) is 0.307. The van der Waals surface area contributed by atoms with E-state index in [-0.39, 0.29) is 12.2 Å². The highest BCUT2D eigenvalue weighted by molar-refractivity contribution is 7.92. The first kappa shape index (κ1) is 31.6. The van der Waals surface area contributed by atoms with Crippen LogP contribution in [-0.2, 0) is 19.6 Å². The first-order chi connectivity index (χ1) is 19.7. The second-order valence-electron chi connectivity index (χ2n) is 9.97.